The van der Waals surface area contributed by atoms with E-state index in [-0.39, 0.29) is 17.2 Å². The molecule has 7 nitrogen and oxygen atoms in total. The number of alkyl halides is 1. The summed E-state index contributed by atoms with van der Waals surface area (Å²) in [4.78, 5) is 17.6. The number of piperidine rings is 2. The first kappa shape index (κ1) is 23.1. The van der Waals surface area contributed by atoms with Gasteiger partial charge in [0.25, 0.3) is 0 Å². The highest BCUT2D eigenvalue weighted by Crippen LogP contribution is 2.41. The first-order valence-electron chi connectivity index (χ1n) is 12.5. The number of rotatable bonds is 6. The van der Waals surface area contributed by atoms with E-state index in [0.29, 0.717) is 30.5 Å². The first-order chi connectivity index (χ1) is 15.1. The minimum absolute atomic E-state index is 0.115. The van der Waals surface area contributed by atoms with Crippen molar-refractivity contribution >= 4 is 23.5 Å². The number of amides is 1. The zero-order chi connectivity index (χ0) is 21.6. The van der Waals surface area contributed by atoms with Crippen LogP contribution in [0.1, 0.15) is 51.9 Å². The lowest BCUT2D eigenvalue weighted by atomic mass is 9.67. The number of nitrogens with zero attached hydrogens (tertiary/aromatic N) is 1. The Morgan fingerprint density at radius 1 is 1.03 bits per heavy atom. The number of nitrogens with one attached hydrogen (secondary N) is 5. The van der Waals surface area contributed by atoms with Crippen molar-refractivity contribution in [2.24, 2.45) is 28.7 Å². The Morgan fingerprint density at radius 3 is 2.68 bits per heavy atom. The highest BCUT2D eigenvalue weighted by molar-refractivity contribution is 6.20. The van der Waals surface area contributed by atoms with Gasteiger partial charge in [-0.25, -0.2) is 0 Å². The van der Waals surface area contributed by atoms with Gasteiger partial charge in [0.1, 0.15) is 0 Å². The summed E-state index contributed by atoms with van der Waals surface area (Å²) < 4.78 is 0. The lowest BCUT2D eigenvalue weighted by Gasteiger charge is -2.41. The van der Waals surface area contributed by atoms with Crippen LogP contribution in [0, 0.1) is 23.7 Å². The van der Waals surface area contributed by atoms with Crippen LogP contribution in [0.5, 0.6) is 0 Å². The minimum atomic E-state index is 0.115. The molecule has 0 spiro atoms. The number of carbonyl (C=O) groups excluding carboxylic acids is 1. The average Bonchev–Trinajstić information content (AvgIpc) is 3.30. The van der Waals surface area contributed by atoms with Crippen molar-refractivity contribution in [3.8, 4) is 0 Å². The SMILES string of the molecule is CC1CC(C2CC(CNC3=NCCN3)CC(C(=O)NCC3CC(Cl)CCN3)C2)CCN1. The van der Waals surface area contributed by atoms with Crippen molar-refractivity contribution in [2.45, 2.75) is 69.3 Å². The third-order valence-electron chi connectivity index (χ3n) is 7.73. The highest BCUT2D eigenvalue weighted by Gasteiger charge is 2.37. The highest BCUT2D eigenvalue weighted by atomic mass is 35.5. The molecule has 7 atom stereocenters. The molecule has 1 saturated carbocycles. The van der Waals surface area contributed by atoms with Crippen LogP contribution in [0.2, 0.25) is 0 Å². The topological polar surface area (TPSA) is 89.6 Å². The third kappa shape index (κ3) is 6.72. The lowest BCUT2D eigenvalue weighted by Crippen LogP contribution is -2.49. The molecule has 176 valence electrons. The predicted molar refractivity (Wildman–Crippen MR) is 126 cm³/mol. The minimum Gasteiger partial charge on any atom is -0.356 e. The van der Waals surface area contributed by atoms with Gasteiger partial charge in [0.2, 0.25) is 5.91 Å². The van der Waals surface area contributed by atoms with Gasteiger partial charge in [0, 0.05) is 43.0 Å². The number of halogens is 1. The standard InChI is InChI=1S/C23H41ClN6O/c1-15-8-17(2-4-25-15)18-9-16(13-30-23-27-6-7-28-23)10-19(11-18)22(31)29-14-21-12-20(24)3-5-26-21/h15-21,25-26H,2-14H2,1H3,(H,29,31)(H2,27,28,30). The smallest absolute Gasteiger partial charge is 0.223 e. The summed E-state index contributed by atoms with van der Waals surface area (Å²) >= 11 is 6.32. The normalized spacial score (nSPS) is 38.8. The van der Waals surface area contributed by atoms with Gasteiger partial charge in [-0.1, -0.05) is 0 Å². The summed E-state index contributed by atoms with van der Waals surface area (Å²) in [7, 11) is 0. The van der Waals surface area contributed by atoms with Crippen LogP contribution < -0.4 is 26.6 Å². The Balaban J connectivity index is 1.34. The third-order valence-corrected chi connectivity index (χ3v) is 8.13. The number of hydrogen-bond donors (Lipinski definition) is 5. The number of hydrogen-bond acceptors (Lipinski definition) is 6. The average molecular weight is 453 g/mol. The van der Waals surface area contributed by atoms with E-state index in [0.717, 1.165) is 70.3 Å². The molecule has 1 amide bonds. The van der Waals surface area contributed by atoms with E-state index >= 15 is 0 Å². The van der Waals surface area contributed by atoms with Crippen molar-refractivity contribution in [3.05, 3.63) is 0 Å². The van der Waals surface area contributed by atoms with Crippen LogP contribution in [0.4, 0.5) is 0 Å². The molecule has 0 aromatic rings. The van der Waals surface area contributed by atoms with Crippen molar-refractivity contribution in [3.63, 3.8) is 0 Å². The van der Waals surface area contributed by atoms with Crippen molar-refractivity contribution in [1.29, 1.82) is 0 Å². The molecule has 0 bridgehead atoms. The number of aliphatic imine (C=N–C) groups is 1. The molecule has 3 heterocycles. The monoisotopic (exact) mass is 452 g/mol. The van der Waals surface area contributed by atoms with Crippen LogP contribution in [0.3, 0.4) is 0 Å². The fraction of sp³-hybridized carbons (Fsp3) is 0.913. The van der Waals surface area contributed by atoms with Crippen molar-refractivity contribution in [2.75, 3.05) is 39.3 Å². The molecular formula is C23H41ClN6O. The van der Waals surface area contributed by atoms with Crippen molar-refractivity contribution < 1.29 is 4.79 Å². The molecule has 8 heteroatoms. The van der Waals surface area contributed by atoms with Gasteiger partial charge in [-0.3, -0.25) is 9.79 Å². The summed E-state index contributed by atoms with van der Waals surface area (Å²) in [6.07, 6.45) is 7.65. The van der Waals surface area contributed by atoms with Gasteiger partial charge >= 0.3 is 0 Å². The summed E-state index contributed by atoms with van der Waals surface area (Å²) in [5.41, 5.74) is 0. The zero-order valence-corrected chi connectivity index (χ0v) is 19.7. The van der Waals surface area contributed by atoms with E-state index in [1.54, 1.807) is 0 Å². The van der Waals surface area contributed by atoms with E-state index in [2.05, 4.69) is 38.5 Å². The Hall–Kier alpha value is -1.05. The van der Waals surface area contributed by atoms with Crippen LogP contribution in [0.15, 0.2) is 4.99 Å². The second kappa shape index (κ2) is 11.2. The molecule has 0 aromatic carbocycles. The van der Waals surface area contributed by atoms with E-state index in [1.807, 2.05) is 0 Å². The lowest BCUT2D eigenvalue weighted by molar-refractivity contribution is -0.127. The van der Waals surface area contributed by atoms with Gasteiger partial charge in [-0.15, -0.1) is 11.6 Å². The molecule has 1 aliphatic carbocycles. The molecule has 3 aliphatic heterocycles. The van der Waals surface area contributed by atoms with Crippen LogP contribution >= 0.6 is 11.6 Å². The van der Waals surface area contributed by atoms with E-state index in [4.69, 9.17) is 11.6 Å². The van der Waals surface area contributed by atoms with Crippen molar-refractivity contribution in [1.82, 2.24) is 26.6 Å². The molecule has 5 N–H and O–H groups in total. The van der Waals surface area contributed by atoms with Gasteiger partial charge in [0.05, 0.1) is 6.54 Å². The Labute approximate surface area is 192 Å². The van der Waals surface area contributed by atoms with Gasteiger partial charge in [0.15, 0.2) is 5.96 Å². The first-order valence-corrected chi connectivity index (χ1v) is 12.9. The molecule has 0 aromatic heterocycles. The second-order valence-electron chi connectivity index (χ2n) is 10.2. The molecule has 3 fully saturated rings. The molecule has 31 heavy (non-hydrogen) atoms. The Bertz CT molecular complexity index is 631. The quantitative estimate of drug-likeness (QED) is 0.393. The van der Waals surface area contributed by atoms with Crippen LogP contribution in [0.25, 0.3) is 0 Å². The Morgan fingerprint density at radius 2 is 1.90 bits per heavy atom. The Kier molecular flexibility index (Phi) is 8.35. The van der Waals surface area contributed by atoms with Crippen LogP contribution in [-0.4, -0.2) is 68.6 Å². The maximum absolute atomic E-state index is 13.2. The summed E-state index contributed by atoms with van der Waals surface area (Å²) in [5, 5.41) is 17.4. The van der Waals surface area contributed by atoms with Gasteiger partial charge < -0.3 is 26.6 Å². The molecule has 4 aliphatic rings. The fourth-order valence-corrected chi connectivity index (χ4v) is 6.41. The van der Waals surface area contributed by atoms with E-state index < -0.39 is 0 Å². The molecule has 2 saturated heterocycles. The molecule has 7 unspecified atom stereocenters. The number of carbonyl (C=O) groups is 1. The summed E-state index contributed by atoms with van der Waals surface area (Å²) in [6, 6.07) is 0.885. The maximum atomic E-state index is 13.2. The largest absolute Gasteiger partial charge is 0.356 e. The fourth-order valence-electron chi connectivity index (χ4n) is 6.08. The second-order valence-corrected chi connectivity index (χ2v) is 10.8. The maximum Gasteiger partial charge on any atom is 0.223 e. The molecule has 0 radical (unpaired) electrons. The predicted octanol–water partition coefficient (Wildman–Crippen LogP) is 1.43. The van der Waals surface area contributed by atoms with Gasteiger partial charge in [-0.2, -0.15) is 0 Å². The molecular weight excluding hydrogens is 412 g/mol. The molecule has 4 rings (SSSR count). The number of guanidine groups is 1. The summed E-state index contributed by atoms with van der Waals surface area (Å²) in [5.74, 6) is 3.17. The zero-order valence-electron chi connectivity index (χ0n) is 19.0. The van der Waals surface area contributed by atoms with E-state index in [9.17, 15) is 4.79 Å². The van der Waals surface area contributed by atoms with Gasteiger partial charge in [-0.05, 0) is 82.7 Å². The van der Waals surface area contributed by atoms with Crippen LogP contribution in [-0.2, 0) is 4.79 Å². The van der Waals surface area contributed by atoms with E-state index in [1.165, 1.54) is 19.3 Å². The summed E-state index contributed by atoms with van der Waals surface area (Å²) in [6.45, 7) is 7.72.